The molecule has 1 aromatic carbocycles. The SMILES string of the molecule is CCC(=O)c1ccccc1OCc1ncnn1CC(C)C. The maximum absolute atomic E-state index is 11.9. The first-order valence-electron chi connectivity index (χ1n) is 7.23. The van der Waals surface area contributed by atoms with Crippen LogP contribution < -0.4 is 4.74 Å². The van der Waals surface area contributed by atoms with Crippen LogP contribution in [-0.4, -0.2) is 20.5 Å². The molecule has 5 heteroatoms. The van der Waals surface area contributed by atoms with Gasteiger partial charge >= 0.3 is 0 Å². The van der Waals surface area contributed by atoms with Gasteiger partial charge in [-0.1, -0.05) is 32.9 Å². The Hall–Kier alpha value is -2.17. The highest BCUT2D eigenvalue weighted by molar-refractivity contribution is 5.98. The molecule has 112 valence electrons. The quantitative estimate of drug-likeness (QED) is 0.734. The van der Waals surface area contributed by atoms with E-state index in [0.29, 0.717) is 30.3 Å². The van der Waals surface area contributed by atoms with E-state index in [1.165, 1.54) is 6.33 Å². The van der Waals surface area contributed by atoms with E-state index in [4.69, 9.17) is 4.74 Å². The van der Waals surface area contributed by atoms with Gasteiger partial charge in [0.05, 0.1) is 5.56 Å². The lowest BCUT2D eigenvalue weighted by atomic mass is 10.1. The highest BCUT2D eigenvalue weighted by atomic mass is 16.5. The van der Waals surface area contributed by atoms with Crippen LogP contribution in [0.4, 0.5) is 0 Å². The van der Waals surface area contributed by atoms with Gasteiger partial charge in [-0.3, -0.25) is 4.79 Å². The molecule has 5 nitrogen and oxygen atoms in total. The van der Waals surface area contributed by atoms with Gasteiger partial charge in [0.2, 0.25) is 0 Å². The number of Topliss-reactive ketones (excluding diaryl/α,β-unsaturated/α-hetero) is 1. The third-order valence-corrected chi connectivity index (χ3v) is 3.10. The van der Waals surface area contributed by atoms with E-state index in [2.05, 4.69) is 23.9 Å². The van der Waals surface area contributed by atoms with Crippen LogP contribution in [-0.2, 0) is 13.2 Å². The van der Waals surface area contributed by atoms with E-state index in [0.717, 1.165) is 12.4 Å². The average Bonchev–Trinajstić information content (AvgIpc) is 2.91. The van der Waals surface area contributed by atoms with Gasteiger partial charge in [0, 0.05) is 13.0 Å². The molecule has 1 heterocycles. The topological polar surface area (TPSA) is 57.0 Å². The van der Waals surface area contributed by atoms with Gasteiger partial charge in [-0.2, -0.15) is 5.10 Å². The lowest BCUT2D eigenvalue weighted by Gasteiger charge is -2.11. The molecular weight excluding hydrogens is 266 g/mol. The number of carbonyl (C=O) groups is 1. The van der Waals surface area contributed by atoms with Crippen molar-refractivity contribution in [2.75, 3.05) is 0 Å². The standard InChI is InChI=1S/C16H21N3O2/c1-4-14(20)13-7-5-6-8-15(13)21-10-16-17-11-18-19(16)9-12(2)3/h5-8,11-12H,4,9-10H2,1-3H3. The molecule has 0 unspecified atom stereocenters. The summed E-state index contributed by atoms with van der Waals surface area (Å²) in [5.74, 6) is 1.93. The van der Waals surface area contributed by atoms with Gasteiger partial charge in [-0.05, 0) is 18.1 Å². The van der Waals surface area contributed by atoms with Crippen molar-refractivity contribution in [2.45, 2.75) is 40.3 Å². The van der Waals surface area contributed by atoms with E-state index in [-0.39, 0.29) is 5.78 Å². The first-order chi connectivity index (χ1) is 10.1. The molecule has 2 aromatic rings. The van der Waals surface area contributed by atoms with Crippen LogP contribution in [0.25, 0.3) is 0 Å². The molecule has 0 aliphatic rings. The lowest BCUT2D eigenvalue weighted by molar-refractivity contribution is 0.0983. The van der Waals surface area contributed by atoms with Crippen LogP contribution in [0.3, 0.4) is 0 Å². The summed E-state index contributed by atoms with van der Waals surface area (Å²) >= 11 is 0. The van der Waals surface area contributed by atoms with Crippen LogP contribution in [0.5, 0.6) is 5.75 Å². The molecule has 2 rings (SSSR count). The van der Waals surface area contributed by atoms with Gasteiger partial charge in [0.1, 0.15) is 18.7 Å². The third kappa shape index (κ3) is 3.90. The summed E-state index contributed by atoms with van der Waals surface area (Å²) in [7, 11) is 0. The fourth-order valence-electron chi connectivity index (χ4n) is 2.05. The van der Waals surface area contributed by atoms with Crippen molar-refractivity contribution in [2.24, 2.45) is 5.92 Å². The number of nitrogens with zero attached hydrogens (tertiary/aromatic N) is 3. The Morgan fingerprint density at radius 2 is 2.10 bits per heavy atom. The Bertz CT molecular complexity index is 605. The second-order valence-electron chi connectivity index (χ2n) is 5.31. The summed E-state index contributed by atoms with van der Waals surface area (Å²) < 4.78 is 7.62. The van der Waals surface area contributed by atoms with Crippen LogP contribution in [0.15, 0.2) is 30.6 Å². The highest BCUT2D eigenvalue weighted by Gasteiger charge is 2.12. The lowest BCUT2D eigenvalue weighted by Crippen LogP contribution is -2.13. The normalized spacial score (nSPS) is 10.9. The fraction of sp³-hybridized carbons (Fsp3) is 0.438. The molecule has 0 amide bonds. The first-order valence-corrected chi connectivity index (χ1v) is 7.23. The Kier molecular flexibility index (Phi) is 5.09. The van der Waals surface area contributed by atoms with Crippen molar-refractivity contribution >= 4 is 5.78 Å². The minimum atomic E-state index is 0.0780. The van der Waals surface area contributed by atoms with E-state index in [1.807, 2.05) is 29.8 Å². The molecule has 0 saturated carbocycles. The van der Waals surface area contributed by atoms with Crippen molar-refractivity contribution < 1.29 is 9.53 Å². The van der Waals surface area contributed by atoms with Crippen molar-refractivity contribution in [1.82, 2.24) is 14.8 Å². The summed E-state index contributed by atoms with van der Waals surface area (Å²) in [6, 6.07) is 7.31. The molecule has 1 aromatic heterocycles. The second kappa shape index (κ2) is 7.02. The third-order valence-electron chi connectivity index (χ3n) is 3.10. The van der Waals surface area contributed by atoms with E-state index < -0.39 is 0 Å². The average molecular weight is 287 g/mol. The van der Waals surface area contributed by atoms with E-state index >= 15 is 0 Å². The summed E-state index contributed by atoms with van der Waals surface area (Å²) in [6.45, 7) is 7.20. The first kappa shape index (κ1) is 15.2. The summed E-state index contributed by atoms with van der Waals surface area (Å²) in [5, 5.41) is 4.20. The second-order valence-corrected chi connectivity index (χ2v) is 5.31. The summed E-state index contributed by atoms with van der Waals surface area (Å²) in [5.41, 5.74) is 0.620. The van der Waals surface area contributed by atoms with E-state index in [9.17, 15) is 4.79 Å². The number of hydrogen-bond donors (Lipinski definition) is 0. The number of benzene rings is 1. The minimum Gasteiger partial charge on any atom is -0.485 e. The number of rotatable bonds is 7. The van der Waals surface area contributed by atoms with Crippen molar-refractivity contribution in [3.05, 3.63) is 42.0 Å². The highest BCUT2D eigenvalue weighted by Crippen LogP contribution is 2.20. The molecule has 0 radical (unpaired) electrons. The zero-order valence-electron chi connectivity index (χ0n) is 12.7. The van der Waals surface area contributed by atoms with E-state index in [1.54, 1.807) is 6.07 Å². The number of aromatic nitrogens is 3. The largest absolute Gasteiger partial charge is 0.485 e. The Labute approximate surface area is 125 Å². The molecular formula is C16H21N3O2. The maximum Gasteiger partial charge on any atom is 0.166 e. The monoisotopic (exact) mass is 287 g/mol. The Morgan fingerprint density at radius 1 is 1.33 bits per heavy atom. The van der Waals surface area contributed by atoms with Gasteiger partial charge in [-0.25, -0.2) is 9.67 Å². The van der Waals surface area contributed by atoms with Crippen LogP contribution in [0.2, 0.25) is 0 Å². The summed E-state index contributed by atoms with van der Waals surface area (Å²) in [4.78, 5) is 16.1. The molecule has 0 aliphatic carbocycles. The number of ketones is 1. The number of ether oxygens (including phenoxy) is 1. The molecule has 0 bridgehead atoms. The zero-order chi connectivity index (χ0) is 15.2. The number of hydrogen-bond acceptors (Lipinski definition) is 4. The molecule has 0 spiro atoms. The predicted molar refractivity (Wildman–Crippen MR) is 80.3 cm³/mol. The zero-order valence-corrected chi connectivity index (χ0v) is 12.7. The Balaban J connectivity index is 2.10. The van der Waals surface area contributed by atoms with Crippen LogP contribution in [0, 0.1) is 5.92 Å². The molecule has 0 fully saturated rings. The van der Waals surface area contributed by atoms with Crippen molar-refractivity contribution in [3.8, 4) is 5.75 Å². The Morgan fingerprint density at radius 3 is 2.81 bits per heavy atom. The summed E-state index contributed by atoms with van der Waals surface area (Å²) in [6.07, 6.45) is 1.99. The maximum atomic E-state index is 11.9. The van der Waals surface area contributed by atoms with Gasteiger partial charge in [0.15, 0.2) is 11.6 Å². The predicted octanol–water partition coefficient (Wildman–Crippen LogP) is 3.11. The smallest absolute Gasteiger partial charge is 0.166 e. The van der Waals surface area contributed by atoms with Crippen LogP contribution >= 0.6 is 0 Å². The number of para-hydroxylation sites is 1. The van der Waals surface area contributed by atoms with Crippen LogP contribution in [0.1, 0.15) is 43.4 Å². The van der Waals surface area contributed by atoms with Gasteiger partial charge in [-0.15, -0.1) is 0 Å². The molecule has 0 N–H and O–H groups in total. The molecule has 0 atom stereocenters. The van der Waals surface area contributed by atoms with Crippen molar-refractivity contribution in [3.63, 3.8) is 0 Å². The number of carbonyl (C=O) groups excluding carboxylic acids is 1. The molecule has 0 saturated heterocycles. The molecule has 0 aliphatic heterocycles. The van der Waals surface area contributed by atoms with Crippen molar-refractivity contribution in [1.29, 1.82) is 0 Å². The fourth-order valence-corrected chi connectivity index (χ4v) is 2.05. The van der Waals surface area contributed by atoms with Gasteiger partial charge in [0.25, 0.3) is 0 Å². The van der Waals surface area contributed by atoms with Gasteiger partial charge < -0.3 is 4.74 Å². The minimum absolute atomic E-state index is 0.0780. The molecule has 21 heavy (non-hydrogen) atoms.